The summed E-state index contributed by atoms with van der Waals surface area (Å²) in [6.07, 6.45) is 1.64. The van der Waals surface area contributed by atoms with Gasteiger partial charge in [-0.25, -0.2) is 0 Å². The lowest BCUT2D eigenvalue weighted by Crippen LogP contribution is -2.31. The Morgan fingerprint density at radius 1 is 1.27 bits per heavy atom. The van der Waals surface area contributed by atoms with E-state index in [4.69, 9.17) is 4.74 Å². The summed E-state index contributed by atoms with van der Waals surface area (Å²) in [7, 11) is 1.63. The average Bonchev–Trinajstić information content (AvgIpc) is 3.02. The fourth-order valence-corrected chi connectivity index (χ4v) is 2.87. The first-order valence-electron chi connectivity index (χ1n) is 7.14. The van der Waals surface area contributed by atoms with Crippen LogP contribution in [0.25, 0.3) is 5.69 Å². The van der Waals surface area contributed by atoms with E-state index >= 15 is 0 Å². The van der Waals surface area contributed by atoms with E-state index in [1.807, 2.05) is 42.7 Å². The number of aromatic nitrogens is 3. The summed E-state index contributed by atoms with van der Waals surface area (Å²) in [5.74, 6) is 1.26. The Hall–Kier alpha value is -2.02. The van der Waals surface area contributed by atoms with Gasteiger partial charge in [0.25, 0.3) is 0 Å². The monoisotopic (exact) mass is 320 g/mol. The van der Waals surface area contributed by atoms with Crippen LogP contribution >= 0.6 is 11.8 Å². The number of nitrogens with zero attached hydrogens (tertiary/aromatic N) is 4. The number of benzene rings is 1. The maximum absolute atomic E-state index is 12.1. The van der Waals surface area contributed by atoms with Crippen molar-refractivity contribution in [3.05, 3.63) is 30.6 Å². The van der Waals surface area contributed by atoms with Gasteiger partial charge in [-0.05, 0) is 38.1 Å². The zero-order valence-corrected chi connectivity index (χ0v) is 13.8. The van der Waals surface area contributed by atoms with Gasteiger partial charge in [0.2, 0.25) is 5.91 Å². The molecule has 118 valence electrons. The molecular formula is C15H20N4O2S. The van der Waals surface area contributed by atoms with E-state index in [0.29, 0.717) is 10.9 Å². The molecular weight excluding hydrogens is 300 g/mol. The normalized spacial score (nSPS) is 10.5. The summed E-state index contributed by atoms with van der Waals surface area (Å²) in [5, 5.41) is 8.73. The summed E-state index contributed by atoms with van der Waals surface area (Å²) in [6, 6.07) is 7.62. The Morgan fingerprint density at radius 3 is 2.55 bits per heavy atom. The van der Waals surface area contributed by atoms with Crippen molar-refractivity contribution in [1.29, 1.82) is 0 Å². The van der Waals surface area contributed by atoms with Crippen LogP contribution in [0.5, 0.6) is 5.75 Å². The van der Waals surface area contributed by atoms with Crippen molar-refractivity contribution in [2.24, 2.45) is 0 Å². The van der Waals surface area contributed by atoms with Crippen molar-refractivity contribution in [3.8, 4) is 11.4 Å². The highest BCUT2D eigenvalue weighted by molar-refractivity contribution is 7.99. The number of carbonyl (C=O) groups is 1. The molecule has 0 aliphatic carbocycles. The molecule has 0 saturated carbocycles. The van der Waals surface area contributed by atoms with Gasteiger partial charge in [0.05, 0.1) is 12.9 Å². The van der Waals surface area contributed by atoms with E-state index in [2.05, 4.69) is 10.2 Å². The molecule has 0 N–H and O–H groups in total. The first-order chi connectivity index (χ1) is 10.7. The molecule has 0 spiro atoms. The zero-order valence-electron chi connectivity index (χ0n) is 13.0. The van der Waals surface area contributed by atoms with Crippen LogP contribution in [0, 0.1) is 0 Å². The van der Waals surface area contributed by atoms with Gasteiger partial charge in [-0.2, -0.15) is 0 Å². The first-order valence-corrected chi connectivity index (χ1v) is 8.13. The van der Waals surface area contributed by atoms with Crippen molar-refractivity contribution in [1.82, 2.24) is 19.7 Å². The number of hydrogen-bond acceptors (Lipinski definition) is 5. The molecule has 0 fully saturated rings. The molecule has 1 aromatic carbocycles. The van der Waals surface area contributed by atoms with Gasteiger partial charge in [0, 0.05) is 18.8 Å². The van der Waals surface area contributed by atoms with E-state index in [1.165, 1.54) is 11.8 Å². The highest BCUT2D eigenvalue weighted by atomic mass is 32.2. The van der Waals surface area contributed by atoms with Gasteiger partial charge >= 0.3 is 0 Å². The SMILES string of the molecule is CCN(CC)C(=O)CSc1nncn1-c1ccc(OC)cc1. The number of thioether (sulfide) groups is 1. The molecule has 1 amide bonds. The lowest BCUT2D eigenvalue weighted by molar-refractivity contribution is -0.127. The molecule has 2 rings (SSSR count). The van der Waals surface area contributed by atoms with Crippen LogP contribution in [0.2, 0.25) is 0 Å². The summed E-state index contributed by atoms with van der Waals surface area (Å²) >= 11 is 1.39. The molecule has 0 atom stereocenters. The lowest BCUT2D eigenvalue weighted by atomic mass is 10.3. The number of rotatable bonds is 7. The van der Waals surface area contributed by atoms with E-state index in [1.54, 1.807) is 18.3 Å². The van der Waals surface area contributed by atoms with Crippen LogP contribution in [0.1, 0.15) is 13.8 Å². The Kier molecular flexibility index (Phi) is 5.83. The summed E-state index contributed by atoms with van der Waals surface area (Å²) in [5.41, 5.74) is 0.934. The highest BCUT2D eigenvalue weighted by Gasteiger charge is 2.13. The smallest absolute Gasteiger partial charge is 0.233 e. The quantitative estimate of drug-likeness (QED) is 0.732. The van der Waals surface area contributed by atoms with E-state index in [0.717, 1.165) is 24.5 Å². The lowest BCUT2D eigenvalue weighted by Gasteiger charge is -2.18. The maximum Gasteiger partial charge on any atom is 0.233 e. The van der Waals surface area contributed by atoms with Gasteiger partial charge in [-0.3, -0.25) is 9.36 Å². The second kappa shape index (κ2) is 7.84. The second-order valence-corrected chi connectivity index (χ2v) is 5.48. The third kappa shape index (κ3) is 3.79. The van der Waals surface area contributed by atoms with E-state index in [-0.39, 0.29) is 5.91 Å². The third-order valence-electron chi connectivity index (χ3n) is 3.31. The van der Waals surface area contributed by atoms with Gasteiger partial charge < -0.3 is 9.64 Å². The van der Waals surface area contributed by atoms with Crippen LogP contribution in [0.4, 0.5) is 0 Å². The van der Waals surface area contributed by atoms with Gasteiger partial charge in [0.1, 0.15) is 12.1 Å². The minimum absolute atomic E-state index is 0.110. The summed E-state index contributed by atoms with van der Waals surface area (Å²) < 4.78 is 7.01. The fraction of sp³-hybridized carbons (Fsp3) is 0.400. The molecule has 0 radical (unpaired) electrons. The Bertz CT molecular complexity index is 608. The van der Waals surface area contributed by atoms with Crippen molar-refractivity contribution in [3.63, 3.8) is 0 Å². The zero-order chi connectivity index (χ0) is 15.9. The van der Waals surface area contributed by atoms with Crippen molar-refractivity contribution < 1.29 is 9.53 Å². The summed E-state index contributed by atoms with van der Waals surface area (Å²) in [4.78, 5) is 13.9. The number of carbonyl (C=O) groups excluding carboxylic acids is 1. The number of ether oxygens (including phenoxy) is 1. The predicted octanol–water partition coefficient (Wildman–Crippen LogP) is 2.24. The topological polar surface area (TPSA) is 60.2 Å². The highest BCUT2D eigenvalue weighted by Crippen LogP contribution is 2.21. The van der Waals surface area contributed by atoms with Gasteiger partial charge in [-0.15, -0.1) is 10.2 Å². The average molecular weight is 320 g/mol. The molecule has 0 unspecified atom stereocenters. The Balaban J connectivity index is 2.07. The molecule has 7 heteroatoms. The van der Waals surface area contributed by atoms with Crippen LogP contribution < -0.4 is 4.74 Å². The number of hydrogen-bond donors (Lipinski definition) is 0. The molecule has 0 aliphatic rings. The third-order valence-corrected chi connectivity index (χ3v) is 4.24. The molecule has 0 aliphatic heterocycles. The first kappa shape index (κ1) is 16.4. The maximum atomic E-state index is 12.1. The van der Waals surface area contributed by atoms with Crippen LogP contribution in [-0.4, -0.2) is 51.5 Å². The standard InChI is InChI=1S/C15H20N4O2S/c1-4-18(5-2)14(20)10-22-15-17-16-11-19(15)12-6-8-13(21-3)9-7-12/h6-9,11H,4-5,10H2,1-3H3. The Morgan fingerprint density at radius 2 is 1.95 bits per heavy atom. The van der Waals surface area contributed by atoms with Gasteiger partial charge in [0.15, 0.2) is 5.16 Å². The molecule has 1 aromatic heterocycles. The minimum atomic E-state index is 0.110. The van der Waals surface area contributed by atoms with Crippen molar-refractivity contribution in [2.45, 2.75) is 19.0 Å². The van der Waals surface area contributed by atoms with Crippen molar-refractivity contribution in [2.75, 3.05) is 26.0 Å². The Labute approximate surface area is 134 Å². The van der Waals surface area contributed by atoms with Crippen LogP contribution in [0.15, 0.2) is 35.7 Å². The molecule has 6 nitrogen and oxygen atoms in total. The van der Waals surface area contributed by atoms with E-state index in [9.17, 15) is 4.79 Å². The largest absolute Gasteiger partial charge is 0.497 e. The number of amides is 1. The number of methoxy groups -OCH3 is 1. The van der Waals surface area contributed by atoms with Crippen LogP contribution in [-0.2, 0) is 4.79 Å². The molecule has 1 heterocycles. The molecule has 0 bridgehead atoms. The molecule has 2 aromatic rings. The predicted molar refractivity (Wildman–Crippen MR) is 86.6 cm³/mol. The van der Waals surface area contributed by atoms with Crippen LogP contribution in [0.3, 0.4) is 0 Å². The molecule has 0 saturated heterocycles. The molecule has 22 heavy (non-hydrogen) atoms. The minimum Gasteiger partial charge on any atom is -0.497 e. The van der Waals surface area contributed by atoms with Gasteiger partial charge in [-0.1, -0.05) is 11.8 Å². The summed E-state index contributed by atoms with van der Waals surface area (Å²) in [6.45, 7) is 5.40. The van der Waals surface area contributed by atoms with E-state index < -0.39 is 0 Å². The fourth-order valence-electron chi connectivity index (χ4n) is 2.04. The second-order valence-electron chi connectivity index (χ2n) is 4.54. The van der Waals surface area contributed by atoms with Crippen molar-refractivity contribution >= 4 is 17.7 Å².